The Morgan fingerprint density at radius 1 is 1.25 bits per heavy atom. The van der Waals surface area contributed by atoms with Gasteiger partial charge in [-0.3, -0.25) is 9.59 Å². The maximum Gasteiger partial charge on any atom is 0.255 e. The standard InChI is InChI=1S/C13H10ClN3O2S/c14-9-2-1-7(12(15)20)5-10(9)17-13(19)8-3-4-16-11(18)6-8/h1-6H,(H2,15,20)(H,16,18)(H,17,19). The van der Waals surface area contributed by atoms with E-state index in [1.807, 2.05) is 0 Å². The van der Waals surface area contributed by atoms with Gasteiger partial charge in [0.1, 0.15) is 4.99 Å². The molecule has 1 aromatic carbocycles. The second kappa shape index (κ2) is 5.85. The lowest BCUT2D eigenvalue weighted by atomic mass is 10.2. The van der Waals surface area contributed by atoms with E-state index in [9.17, 15) is 9.59 Å². The maximum atomic E-state index is 12.0. The molecule has 0 aliphatic heterocycles. The fourth-order valence-electron chi connectivity index (χ4n) is 1.55. The number of aromatic nitrogens is 1. The number of nitrogens with one attached hydrogen (secondary N) is 2. The number of thiocarbonyl (C=S) groups is 1. The van der Waals surface area contributed by atoms with Gasteiger partial charge in [-0.2, -0.15) is 0 Å². The zero-order chi connectivity index (χ0) is 14.7. The molecular formula is C13H10ClN3O2S. The molecule has 1 amide bonds. The molecule has 0 fully saturated rings. The molecule has 20 heavy (non-hydrogen) atoms. The number of rotatable bonds is 3. The lowest BCUT2D eigenvalue weighted by molar-refractivity contribution is 0.102. The number of H-pyrrole nitrogens is 1. The molecule has 4 N–H and O–H groups in total. The molecule has 7 heteroatoms. The van der Waals surface area contributed by atoms with Gasteiger partial charge in [-0.1, -0.05) is 29.9 Å². The third-order valence-corrected chi connectivity index (χ3v) is 3.10. The molecular weight excluding hydrogens is 298 g/mol. The van der Waals surface area contributed by atoms with E-state index in [0.29, 0.717) is 16.3 Å². The van der Waals surface area contributed by atoms with E-state index >= 15 is 0 Å². The van der Waals surface area contributed by atoms with Gasteiger partial charge < -0.3 is 16.0 Å². The van der Waals surface area contributed by atoms with Crippen LogP contribution >= 0.6 is 23.8 Å². The summed E-state index contributed by atoms with van der Waals surface area (Å²) in [4.78, 5) is 25.8. The number of nitrogens with two attached hydrogens (primary N) is 1. The quantitative estimate of drug-likeness (QED) is 0.756. The molecule has 2 aromatic rings. The zero-order valence-electron chi connectivity index (χ0n) is 10.1. The minimum Gasteiger partial charge on any atom is -0.389 e. The molecule has 1 aromatic heterocycles. The van der Waals surface area contributed by atoms with E-state index in [1.54, 1.807) is 18.2 Å². The molecule has 2 rings (SSSR count). The smallest absolute Gasteiger partial charge is 0.255 e. The summed E-state index contributed by atoms with van der Waals surface area (Å²) in [6.07, 6.45) is 1.39. The van der Waals surface area contributed by atoms with Crippen LogP contribution in [0.3, 0.4) is 0 Å². The van der Waals surface area contributed by atoms with Crippen molar-refractivity contribution in [1.82, 2.24) is 4.98 Å². The number of carbonyl (C=O) groups excluding carboxylic acids is 1. The summed E-state index contributed by atoms with van der Waals surface area (Å²) in [5.41, 5.74) is 6.36. The lowest BCUT2D eigenvalue weighted by Crippen LogP contribution is -2.16. The largest absolute Gasteiger partial charge is 0.389 e. The van der Waals surface area contributed by atoms with Crippen molar-refractivity contribution in [3.8, 4) is 0 Å². The molecule has 0 aliphatic carbocycles. The number of aromatic amines is 1. The summed E-state index contributed by atoms with van der Waals surface area (Å²) < 4.78 is 0. The van der Waals surface area contributed by atoms with Crippen LogP contribution in [0.15, 0.2) is 41.3 Å². The van der Waals surface area contributed by atoms with Gasteiger partial charge in [0.2, 0.25) is 5.56 Å². The fourth-order valence-corrected chi connectivity index (χ4v) is 1.85. The van der Waals surface area contributed by atoms with Gasteiger partial charge in [-0.05, 0) is 18.2 Å². The Labute approximate surface area is 124 Å². The van der Waals surface area contributed by atoms with Crippen LogP contribution in [-0.2, 0) is 0 Å². The average Bonchev–Trinajstić information content (AvgIpc) is 2.41. The summed E-state index contributed by atoms with van der Waals surface area (Å²) in [5, 5.41) is 2.96. The predicted octanol–water partition coefficient (Wildman–Crippen LogP) is 1.91. The number of benzene rings is 1. The summed E-state index contributed by atoms with van der Waals surface area (Å²) in [6, 6.07) is 7.51. The van der Waals surface area contributed by atoms with Crippen molar-refractivity contribution in [1.29, 1.82) is 0 Å². The molecule has 0 bridgehead atoms. The van der Waals surface area contributed by atoms with Crippen molar-refractivity contribution >= 4 is 40.4 Å². The molecule has 1 heterocycles. The van der Waals surface area contributed by atoms with E-state index in [2.05, 4.69) is 10.3 Å². The Balaban J connectivity index is 2.30. The normalized spacial score (nSPS) is 10.1. The zero-order valence-corrected chi connectivity index (χ0v) is 11.7. The Morgan fingerprint density at radius 2 is 2.00 bits per heavy atom. The number of hydrogen-bond donors (Lipinski definition) is 3. The number of carbonyl (C=O) groups is 1. The third-order valence-electron chi connectivity index (χ3n) is 2.54. The van der Waals surface area contributed by atoms with Crippen molar-refractivity contribution in [2.45, 2.75) is 0 Å². The van der Waals surface area contributed by atoms with E-state index in [4.69, 9.17) is 29.6 Å². The van der Waals surface area contributed by atoms with Gasteiger partial charge in [0, 0.05) is 23.4 Å². The second-order valence-corrected chi connectivity index (χ2v) is 4.80. The summed E-state index contributed by atoms with van der Waals surface area (Å²) in [5.74, 6) is -0.446. The summed E-state index contributed by atoms with van der Waals surface area (Å²) in [6.45, 7) is 0. The molecule has 0 saturated carbocycles. The van der Waals surface area contributed by atoms with Gasteiger partial charge in [0.25, 0.3) is 5.91 Å². The Kier molecular flexibility index (Phi) is 4.16. The Hall–Kier alpha value is -2.18. The first-order chi connectivity index (χ1) is 9.47. The number of amides is 1. The molecule has 0 radical (unpaired) electrons. The molecule has 0 spiro atoms. The first-order valence-electron chi connectivity index (χ1n) is 5.57. The van der Waals surface area contributed by atoms with Gasteiger partial charge in [0.15, 0.2) is 0 Å². The summed E-state index contributed by atoms with van der Waals surface area (Å²) >= 11 is 10.9. The van der Waals surface area contributed by atoms with Crippen molar-refractivity contribution in [3.63, 3.8) is 0 Å². The maximum absolute atomic E-state index is 12.0. The third kappa shape index (κ3) is 3.23. The van der Waals surface area contributed by atoms with Gasteiger partial charge in [0.05, 0.1) is 10.7 Å². The fraction of sp³-hybridized carbons (Fsp3) is 0. The van der Waals surface area contributed by atoms with E-state index in [0.717, 1.165) is 0 Å². The molecule has 0 aliphatic rings. The number of halogens is 1. The highest BCUT2D eigenvalue weighted by molar-refractivity contribution is 7.80. The number of hydrogen-bond acceptors (Lipinski definition) is 3. The molecule has 0 atom stereocenters. The second-order valence-electron chi connectivity index (χ2n) is 3.95. The highest BCUT2D eigenvalue weighted by Crippen LogP contribution is 2.23. The molecule has 5 nitrogen and oxygen atoms in total. The Bertz CT molecular complexity index is 742. The first kappa shape index (κ1) is 14.2. The number of pyridine rings is 1. The molecule has 0 unspecified atom stereocenters. The minimum atomic E-state index is -0.446. The monoisotopic (exact) mass is 307 g/mol. The minimum absolute atomic E-state index is 0.202. The average molecular weight is 308 g/mol. The van der Waals surface area contributed by atoms with Gasteiger partial charge in [-0.25, -0.2) is 0 Å². The van der Waals surface area contributed by atoms with Crippen LogP contribution in [-0.4, -0.2) is 15.9 Å². The summed E-state index contributed by atoms with van der Waals surface area (Å²) in [7, 11) is 0. The van der Waals surface area contributed by atoms with Gasteiger partial charge in [-0.15, -0.1) is 0 Å². The highest BCUT2D eigenvalue weighted by atomic mass is 35.5. The van der Waals surface area contributed by atoms with Crippen LogP contribution in [0.1, 0.15) is 15.9 Å². The van der Waals surface area contributed by atoms with Crippen LogP contribution in [0, 0.1) is 0 Å². The van der Waals surface area contributed by atoms with Crippen molar-refractivity contribution < 1.29 is 4.79 Å². The van der Waals surface area contributed by atoms with Crippen LogP contribution in [0.5, 0.6) is 0 Å². The van der Waals surface area contributed by atoms with Crippen molar-refractivity contribution in [2.24, 2.45) is 5.73 Å². The van der Waals surface area contributed by atoms with Crippen molar-refractivity contribution in [2.75, 3.05) is 5.32 Å². The van der Waals surface area contributed by atoms with Crippen LogP contribution in [0.4, 0.5) is 5.69 Å². The lowest BCUT2D eigenvalue weighted by Gasteiger charge is -2.09. The van der Waals surface area contributed by atoms with E-state index < -0.39 is 5.91 Å². The Morgan fingerprint density at radius 3 is 2.65 bits per heavy atom. The van der Waals surface area contributed by atoms with Crippen molar-refractivity contribution in [3.05, 3.63) is 63.0 Å². The SMILES string of the molecule is NC(=S)c1ccc(Cl)c(NC(=O)c2cc[nH]c(=O)c2)c1. The van der Waals surface area contributed by atoms with E-state index in [-0.39, 0.29) is 16.1 Å². The first-order valence-corrected chi connectivity index (χ1v) is 6.35. The number of anilines is 1. The topological polar surface area (TPSA) is 88.0 Å². The van der Waals surface area contributed by atoms with E-state index in [1.165, 1.54) is 18.3 Å². The van der Waals surface area contributed by atoms with Crippen LogP contribution in [0.2, 0.25) is 5.02 Å². The van der Waals surface area contributed by atoms with Crippen LogP contribution in [0.25, 0.3) is 0 Å². The molecule has 102 valence electrons. The molecule has 0 saturated heterocycles. The van der Waals surface area contributed by atoms with Gasteiger partial charge >= 0.3 is 0 Å². The highest BCUT2D eigenvalue weighted by Gasteiger charge is 2.10. The predicted molar refractivity (Wildman–Crippen MR) is 82.4 cm³/mol. The van der Waals surface area contributed by atoms with Crippen LogP contribution < -0.4 is 16.6 Å².